The van der Waals surface area contributed by atoms with Crippen molar-refractivity contribution < 1.29 is 21.4 Å². The van der Waals surface area contributed by atoms with E-state index in [2.05, 4.69) is 14.6 Å². The fourth-order valence-corrected chi connectivity index (χ4v) is 4.43. The van der Waals surface area contributed by atoms with Gasteiger partial charge in [0.05, 0.1) is 15.5 Å². The van der Waals surface area contributed by atoms with Gasteiger partial charge < -0.3 is 4.52 Å². The first-order valence-corrected chi connectivity index (χ1v) is 11.2. The fraction of sp³-hybridized carbons (Fsp3) is 0.167. The van der Waals surface area contributed by atoms with Crippen LogP contribution >= 0.6 is 0 Å². The minimum Gasteiger partial charge on any atom is -0.337 e. The predicted molar refractivity (Wildman–Crippen MR) is 105 cm³/mol. The van der Waals surface area contributed by atoms with E-state index in [1.165, 1.54) is 36.4 Å². The smallest absolute Gasteiger partial charge is 0.264 e. The molecule has 0 aliphatic rings. The Labute approximate surface area is 163 Å². The van der Waals surface area contributed by atoms with Crippen LogP contribution in [0.5, 0.6) is 0 Å². The van der Waals surface area contributed by atoms with Crippen LogP contribution in [0.2, 0.25) is 0 Å². The van der Waals surface area contributed by atoms with Gasteiger partial charge in [0.1, 0.15) is 0 Å². The van der Waals surface area contributed by atoms with Crippen LogP contribution in [0.25, 0.3) is 0 Å². The van der Waals surface area contributed by atoms with Crippen molar-refractivity contribution in [1.29, 1.82) is 0 Å². The summed E-state index contributed by atoms with van der Waals surface area (Å²) in [5.41, 5.74) is 2.36. The lowest BCUT2D eigenvalue weighted by molar-refractivity contribution is 0.430. The molecule has 8 nitrogen and oxygen atoms in total. The third-order valence-corrected chi connectivity index (χ3v) is 6.88. The Morgan fingerprint density at radius 2 is 1.25 bits per heavy atom. The number of aryl methyl sites for hydroxylation is 2. The molecule has 0 bridgehead atoms. The van der Waals surface area contributed by atoms with Crippen LogP contribution in [0.3, 0.4) is 0 Å². The van der Waals surface area contributed by atoms with Crippen LogP contribution in [0.1, 0.15) is 16.8 Å². The van der Waals surface area contributed by atoms with Gasteiger partial charge in [-0.05, 0) is 57.2 Å². The van der Waals surface area contributed by atoms with E-state index in [1.807, 2.05) is 6.92 Å². The summed E-state index contributed by atoms with van der Waals surface area (Å²) >= 11 is 0. The number of nitrogens with zero attached hydrogens (tertiary/aromatic N) is 1. The summed E-state index contributed by atoms with van der Waals surface area (Å²) < 4.78 is 59.5. The summed E-state index contributed by atoms with van der Waals surface area (Å²) in [6.07, 6.45) is 0. The molecule has 0 atom stereocenters. The SMILES string of the molecule is Cc1ccc(S(=O)(=O)Nc2ccc(S(=O)(=O)Nc3onc(C)c3C)cc2)cc1. The van der Waals surface area contributed by atoms with Crippen LogP contribution < -0.4 is 9.44 Å². The number of hydrogen-bond donors (Lipinski definition) is 2. The van der Waals surface area contributed by atoms with E-state index in [1.54, 1.807) is 26.0 Å². The third-order valence-electron chi connectivity index (χ3n) is 4.13. The standard InChI is InChI=1S/C18H19N3O5S2/c1-12-4-8-16(9-5-12)27(22,23)20-15-6-10-17(11-7-15)28(24,25)21-18-13(2)14(3)19-26-18/h4-11,20-21H,1-3H3. The monoisotopic (exact) mass is 421 g/mol. The van der Waals surface area contributed by atoms with E-state index < -0.39 is 20.0 Å². The summed E-state index contributed by atoms with van der Waals surface area (Å²) in [4.78, 5) is 0.0758. The molecule has 0 amide bonds. The largest absolute Gasteiger partial charge is 0.337 e. The fourth-order valence-electron chi connectivity index (χ4n) is 2.33. The molecule has 28 heavy (non-hydrogen) atoms. The molecule has 0 aliphatic carbocycles. The second-order valence-electron chi connectivity index (χ2n) is 6.27. The van der Waals surface area contributed by atoms with Crippen LogP contribution in [0, 0.1) is 20.8 Å². The quantitative estimate of drug-likeness (QED) is 0.631. The number of benzene rings is 2. The van der Waals surface area contributed by atoms with Crippen LogP contribution in [-0.2, 0) is 20.0 Å². The Hall–Kier alpha value is -2.85. The van der Waals surface area contributed by atoms with Crippen molar-refractivity contribution in [3.05, 3.63) is 65.4 Å². The molecule has 0 radical (unpaired) electrons. The summed E-state index contributed by atoms with van der Waals surface area (Å²) in [6.45, 7) is 5.25. The average molecular weight is 422 g/mol. The molecule has 0 saturated heterocycles. The second kappa shape index (κ2) is 7.28. The topological polar surface area (TPSA) is 118 Å². The highest BCUT2D eigenvalue weighted by Crippen LogP contribution is 2.23. The maximum atomic E-state index is 12.5. The van der Waals surface area contributed by atoms with E-state index in [0.717, 1.165) is 5.56 Å². The van der Waals surface area contributed by atoms with Gasteiger partial charge in [-0.15, -0.1) is 0 Å². The van der Waals surface area contributed by atoms with Crippen LogP contribution in [-0.4, -0.2) is 22.0 Å². The molecular formula is C18H19N3O5S2. The lowest BCUT2D eigenvalue weighted by Crippen LogP contribution is -2.14. The summed E-state index contributed by atoms with van der Waals surface area (Å²) in [5, 5.41) is 3.70. The van der Waals surface area contributed by atoms with Crippen molar-refractivity contribution in [2.45, 2.75) is 30.6 Å². The molecule has 1 aromatic heterocycles. The third kappa shape index (κ3) is 4.18. The predicted octanol–water partition coefficient (Wildman–Crippen LogP) is 3.20. The first-order valence-electron chi connectivity index (χ1n) is 8.24. The van der Waals surface area contributed by atoms with E-state index in [-0.39, 0.29) is 21.4 Å². The molecular weight excluding hydrogens is 402 g/mol. The van der Waals surface area contributed by atoms with E-state index >= 15 is 0 Å². The van der Waals surface area contributed by atoms with Gasteiger partial charge in [0.25, 0.3) is 20.0 Å². The van der Waals surface area contributed by atoms with Gasteiger partial charge in [0.15, 0.2) is 0 Å². The maximum Gasteiger partial charge on any atom is 0.264 e. The Morgan fingerprint density at radius 1 is 0.750 bits per heavy atom. The van der Waals surface area contributed by atoms with Gasteiger partial charge in [0, 0.05) is 11.3 Å². The molecule has 0 unspecified atom stereocenters. The van der Waals surface area contributed by atoms with Crippen molar-refractivity contribution >= 4 is 31.6 Å². The number of hydrogen-bond acceptors (Lipinski definition) is 6. The zero-order valence-electron chi connectivity index (χ0n) is 15.4. The normalized spacial score (nSPS) is 12.0. The molecule has 0 spiro atoms. The van der Waals surface area contributed by atoms with E-state index in [4.69, 9.17) is 4.52 Å². The first kappa shape index (κ1) is 19.9. The minimum atomic E-state index is -3.90. The van der Waals surface area contributed by atoms with Gasteiger partial charge in [-0.1, -0.05) is 22.9 Å². The summed E-state index contributed by atoms with van der Waals surface area (Å²) in [5.74, 6) is 0.0432. The molecule has 10 heteroatoms. The van der Waals surface area contributed by atoms with Crippen molar-refractivity contribution in [1.82, 2.24) is 5.16 Å². The zero-order valence-corrected chi connectivity index (χ0v) is 17.1. The van der Waals surface area contributed by atoms with Gasteiger partial charge in [-0.25, -0.2) is 21.6 Å². The molecule has 0 saturated carbocycles. The highest BCUT2D eigenvalue weighted by Gasteiger charge is 2.20. The number of sulfonamides is 2. The van der Waals surface area contributed by atoms with Crippen molar-refractivity contribution in [3.8, 4) is 0 Å². The van der Waals surface area contributed by atoms with Crippen molar-refractivity contribution in [3.63, 3.8) is 0 Å². The van der Waals surface area contributed by atoms with Gasteiger partial charge >= 0.3 is 0 Å². The lowest BCUT2D eigenvalue weighted by Gasteiger charge is -2.10. The van der Waals surface area contributed by atoms with E-state index in [0.29, 0.717) is 11.3 Å². The van der Waals surface area contributed by atoms with Crippen LogP contribution in [0.15, 0.2) is 62.8 Å². The molecule has 3 aromatic rings. The van der Waals surface area contributed by atoms with Crippen molar-refractivity contribution in [2.75, 3.05) is 9.44 Å². The number of nitrogens with one attached hydrogen (secondary N) is 2. The molecule has 3 rings (SSSR count). The molecule has 0 fully saturated rings. The Bertz CT molecular complexity index is 1200. The summed E-state index contributed by atoms with van der Waals surface area (Å²) in [6, 6.07) is 11.7. The van der Waals surface area contributed by atoms with E-state index in [9.17, 15) is 16.8 Å². The molecule has 0 aliphatic heterocycles. The molecule has 1 heterocycles. The van der Waals surface area contributed by atoms with Gasteiger partial charge in [0.2, 0.25) is 5.88 Å². The number of aromatic nitrogens is 1. The van der Waals surface area contributed by atoms with Crippen LogP contribution in [0.4, 0.5) is 11.6 Å². The highest BCUT2D eigenvalue weighted by atomic mass is 32.2. The number of anilines is 2. The molecule has 2 N–H and O–H groups in total. The van der Waals surface area contributed by atoms with Crippen molar-refractivity contribution in [2.24, 2.45) is 0 Å². The van der Waals surface area contributed by atoms with Gasteiger partial charge in [-0.3, -0.25) is 4.72 Å². The minimum absolute atomic E-state index is 0.0424. The molecule has 2 aromatic carbocycles. The lowest BCUT2D eigenvalue weighted by atomic mass is 10.2. The second-order valence-corrected chi connectivity index (χ2v) is 9.64. The molecule has 148 valence electrons. The maximum absolute atomic E-state index is 12.5. The Morgan fingerprint density at radius 3 is 1.75 bits per heavy atom. The highest BCUT2D eigenvalue weighted by molar-refractivity contribution is 7.93. The number of rotatable bonds is 6. The van der Waals surface area contributed by atoms with Gasteiger partial charge in [-0.2, -0.15) is 0 Å². The Kier molecular flexibility index (Phi) is 5.18. The Balaban J connectivity index is 1.79. The summed E-state index contributed by atoms with van der Waals surface area (Å²) in [7, 11) is -7.67. The first-order chi connectivity index (χ1) is 13.1. The average Bonchev–Trinajstić information content (AvgIpc) is 2.94. The zero-order chi connectivity index (χ0) is 20.5.